The molecule has 0 spiro atoms. The number of hydrogen-bond donors (Lipinski definition) is 2. The van der Waals surface area contributed by atoms with E-state index in [1.807, 2.05) is 0 Å². The van der Waals surface area contributed by atoms with Gasteiger partial charge in [0.15, 0.2) is 11.7 Å². The summed E-state index contributed by atoms with van der Waals surface area (Å²) in [7, 11) is 0. The van der Waals surface area contributed by atoms with Crippen LogP contribution < -0.4 is 5.32 Å². The molecule has 146 valence electrons. The van der Waals surface area contributed by atoms with Crippen LogP contribution in [0.3, 0.4) is 0 Å². The van der Waals surface area contributed by atoms with Crippen LogP contribution in [-0.2, 0) is 9.53 Å². The van der Waals surface area contributed by atoms with Crippen LogP contribution in [0.25, 0.3) is 22.3 Å². The van der Waals surface area contributed by atoms with Crippen LogP contribution in [0.15, 0.2) is 48.1 Å². The molecular weight excluding hydrogens is 435 g/mol. The van der Waals surface area contributed by atoms with Gasteiger partial charge >= 0.3 is 5.97 Å². The SMILES string of the molecule is O=C(COC(=O)c1ccc2nc[nH]c2c1)Nc1nc(-c2ccc(Cl)c(Cl)c2)cs1. The topological polar surface area (TPSA) is 97.0 Å². The third-order valence-corrected chi connectivity index (χ3v) is 5.45. The van der Waals surface area contributed by atoms with Crippen LogP contribution in [0.1, 0.15) is 10.4 Å². The Morgan fingerprint density at radius 2 is 2.00 bits per heavy atom. The molecule has 2 heterocycles. The van der Waals surface area contributed by atoms with Crippen LogP contribution in [0.4, 0.5) is 5.13 Å². The highest BCUT2D eigenvalue weighted by Crippen LogP contribution is 2.30. The van der Waals surface area contributed by atoms with Crippen LogP contribution in [0.5, 0.6) is 0 Å². The summed E-state index contributed by atoms with van der Waals surface area (Å²) < 4.78 is 5.07. The molecular formula is C19H12Cl2N4O3S. The van der Waals surface area contributed by atoms with Gasteiger partial charge in [0.1, 0.15) is 0 Å². The lowest BCUT2D eigenvalue weighted by Crippen LogP contribution is -2.20. The number of ether oxygens (including phenoxy) is 1. The fourth-order valence-corrected chi connectivity index (χ4v) is 3.59. The van der Waals surface area contributed by atoms with E-state index in [9.17, 15) is 9.59 Å². The number of hydrogen-bond acceptors (Lipinski definition) is 6. The molecule has 0 saturated carbocycles. The summed E-state index contributed by atoms with van der Waals surface area (Å²) in [4.78, 5) is 35.6. The number of amides is 1. The fraction of sp³-hybridized carbons (Fsp3) is 0.0526. The molecule has 29 heavy (non-hydrogen) atoms. The number of rotatable bonds is 5. The van der Waals surface area contributed by atoms with Crippen LogP contribution >= 0.6 is 34.5 Å². The molecule has 2 N–H and O–H groups in total. The van der Waals surface area contributed by atoms with E-state index < -0.39 is 18.5 Å². The van der Waals surface area contributed by atoms with Gasteiger partial charge in [0, 0.05) is 10.9 Å². The molecule has 0 fully saturated rings. The number of carbonyl (C=O) groups is 2. The number of benzene rings is 2. The van der Waals surface area contributed by atoms with E-state index in [0.29, 0.717) is 32.0 Å². The van der Waals surface area contributed by atoms with Gasteiger partial charge in [0.2, 0.25) is 0 Å². The normalized spacial score (nSPS) is 10.8. The van der Waals surface area contributed by atoms with Gasteiger partial charge in [0.05, 0.1) is 38.7 Å². The molecule has 0 aliphatic carbocycles. The molecule has 2 aromatic carbocycles. The number of halogens is 2. The van der Waals surface area contributed by atoms with Crippen molar-refractivity contribution in [1.29, 1.82) is 0 Å². The Kier molecular flexibility index (Phi) is 5.48. The van der Waals surface area contributed by atoms with Gasteiger partial charge in [-0.1, -0.05) is 29.3 Å². The molecule has 4 aromatic rings. The van der Waals surface area contributed by atoms with Gasteiger partial charge in [-0.3, -0.25) is 10.1 Å². The molecule has 0 aliphatic rings. The first kappa shape index (κ1) is 19.4. The van der Waals surface area contributed by atoms with Crippen molar-refractivity contribution in [2.75, 3.05) is 11.9 Å². The highest BCUT2D eigenvalue weighted by Gasteiger charge is 2.13. The summed E-state index contributed by atoms with van der Waals surface area (Å²) in [5, 5.41) is 5.64. The quantitative estimate of drug-likeness (QED) is 0.429. The predicted molar refractivity (Wildman–Crippen MR) is 113 cm³/mol. The van der Waals surface area contributed by atoms with Crippen molar-refractivity contribution in [3.63, 3.8) is 0 Å². The Bertz CT molecular complexity index is 1220. The summed E-state index contributed by atoms with van der Waals surface area (Å²) in [6.45, 7) is -0.429. The van der Waals surface area contributed by atoms with Gasteiger partial charge < -0.3 is 9.72 Å². The third-order valence-electron chi connectivity index (χ3n) is 3.96. The van der Waals surface area contributed by atoms with Crippen LogP contribution in [0, 0.1) is 0 Å². The van der Waals surface area contributed by atoms with Crippen molar-refractivity contribution in [3.8, 4) is 11.3 Å². The third kappa shape index (κ3) is 4.40. The lowest BCUT2D eigenvalue weighted by molar-refractivity contribution is -0.119. The number of esters is 1. The zero-order valence-corrected chi connectivity index (χ0v) is 16.9. The first-order chi connectivity index (χ1) is 14.0. The first-order valence-electron chi connectivity index (χ1n) is 8.30. The Balaban J connectivity index is 1.35. The number of nitrogens with one attached hydrogen (secondary N) is 2. The van der Waals surface area contributed by atoms with Crippen LogP contribution in [-0.4, -0.2) is 33.4 Å². The average molecular weight is 447 g/mol. The number of H-pyrrole nitrogens is 1. The number of fused-ring (bicyclic) bond motifs is 1. The summed E-state index contributed by atoms with van der Waals surface area (Å²) in [6.07, 6.45) is 1.54. The maximum atomic E-state index is 12.1. The van der Waals surface area contributed by atoms with Crippen molar-refractivity contribution in [3.05, 3.63) is 63.7 Å². The molecule has 10 heteroatoms. The zero-order valence-electron chi connectivity index (χ0n) is 14.6. The number of nitrogens with zero attached hydrogens (tertiary/aromatic N) is 2. The summed E-state index contributed by atoms with van der Waals surface area (Å²) >= 11 is 13.2. The molecule has 7 nitrogen and oxygen atoms in total. The second kappa shape index (κ2) is 8.20. The minimum atomic E-state index is -0.604. The minimum absolute atomic E-state index is 0.325. The maximum Gasteiger partial charge on any atom is 0.338 e. The molecule has 0 unspecified atom stereocenters. The molecule has 2 aromatic heterocycles. The number of aromatic amines is 1. The van der Waals surface area contributed by atoms with Gasteiger partial charge in [-0.05, 0) is 30.3 Å². The van der Waals surface area contributed by atoms with Crippen molar-refractivity contribution >= 4 is 62.6 Å². The smallest absolute Gasteiger partial charge is 0.338 e. The molecule has 4 rings (SSSR count). The Labute approximate surface area is 178 Å². The Hall–Kier alpha value is -2.94. The number of aromatic nitrogens is 3. The average Bonchev–Trinajstić information content (AvgIpc) is 3.37. The Morgan fingerprint density at radius 1 is 1.14 bits per heavy atom. The predicted octanol–water partition coefficient (Wildman–Crippen LogP) is 4.79. The van der Waals surface area contributed by atoms with Gasteiger partial charge in [0.25, 0.3) is 5.91 Å². The molecule has 0 aliphatic heterocycles. The lowest BCUT2D eigenvalue weighted by atomic mass is 10.2. The van der Waals surface area contributed by atoms with Crippen LogP contribution in [0.2, 0.25) is 10.0 Å². The first-order valence-corrected chi connectivity index (χ1v) is 9.94. The van der Waals surface area contributed by atoms with E-state index in [1.165, 1.54) is 17.7 Å². The highest BCUT2D eigenvalue weighted by atomic mass is 35.5. The largest absolute Gasteiger partial charge is 0.452 e. The zero-order chi connectivity index (χ0) is 20.4. The number of imidazole rings is 1. The molecule has 1 amide bonds. The maximum absolute atomic E-state index is 12.1. The Morgan fingerprint density at radius 3 is 2.83 bits per heavy atom. The lowest BCUT2D eigenvalue weighted by Gasteiger charge is -2.05. The molecule has 0 bridgehead atoms. The fourth-order valence-electron chi connectivity index (χ4n) is 2.55. The number of anilines is 1. The summed E-state index contributed by atoms with van der Waals surface area (Å²) in [6, 6.07) is 10.1. The van der Waals surface area contributed by atoms with Gasteiger partial charge in [-0.2, -0.15) is 0 Å². The van der Waals surface area contributed by atoms with Gasteiger partial charge in [-0.15, -0.1) is 11.3 Å². The summed E-state index contributed by atoms with van der Waals surface area (Å²) in [5.41, 5.74) is 3.19. The molecule has 0 atom stereocenters. The van der Waals surface area contributed by atoms with Crippen molar-refractivity contribution in [1.82, 2.24) is 15.0 Å². The second-order valence-electron chi connectivity index (χ2n) is 5.93. The highest BCUT2D eigenvalue weighted by molar-refractivity contribution is 7.14. The van der Waals surface area contributed by atoms with Crippen molar-refractivity contribution in [2.45, 2.75) is 0 Å². The van der Waals surface area contributed by atoms with Gasteiger partial charge in [-0.25, -0.2) is 14.8 Å². The van der Waals surface area contributed by atoms with E-state index >= 15 is 0 Å². The minimum Gasteiger partial charge on any atom is -0.452 e. The van der Waals surface area contributed by atoms with Crippen molar-refractivity contribution in [2.24, 2.45) is 0 Å². The monoisotopic (exact) mass is 446 g/mol. The molecule has 0 saturated heterocycles. The second-order valence-corrected chi connectivity index (χ2v) is 7.60. The van der Waals surface area contributed by atoms with E-state index in [2.05, 4.69) is 20.3 Å². The standard InChI is InChI=1S/C19H12Cl2N4O3S/c20-12-3-1-10(5-13(12)21)16-8-29-19(24-16)25-17(26)7-28-18(27)11-2-4-14-15(6-11)23-9-22-14/h1-6,8-9H,7H2,(H,22,23)(H,24,25,26). The molecule has 0 radical (unpaired) electrons. The summed E-state index contributed by atoms with van der Waals surface area (Å²) in [5.74, 6) is -1.09. The van der Waals surface area contributed by atoms with E-state index in [0.717, 1.165) is 11.1 Å². The van der Waals surface area contributed by atoms with Crippen molar-refractivity contribution < 1.29 is 14.3 Å². The number of carbonyl (C=O) groups excluding carboxylic acids is 2. The number of thiazole rings is 1. The van der Waals surface area contributed by atoms with E-state index in [4.69, 9.17) is 27.9 Å². The van der Waals surface area contributed by atoms with E-state index in [1.54, 1.807) is 41.8 Å². The van der Waals surface area contributed by atoms with E-state index in [-0.39, 0.29) is 0 Å².